The van der Waals surface area contributed by atoms with Gasteiger partial charge in [0.2, 0.25) is 0 Å². The van der Waals surface area contributed by atoms with Gasteiger partial charge in [0, 0.05) is 6.42 Å². The summed E-state index contributed by atoms with van der Waals surface area (Å²) in [6, 6.07) is 0. The maximum absolute atomic E-state index is 10.6. The minimum absolute atomic E-state index is 0.191. The van der Waals surface area contributed by atoms with Crippen LogP contribution in [0.5, 0.6) is 0 Å². The highest BCUT2D eigenvalue weighted by Gasteiger charge is 2.13. The third-order valence-electron chi connectivity index (χ3n) is 2.07. The maximum Gasteiger partial charge on any atom is 0.129 e. The SMILES string of the molecule is C=C(CCCC(C)=O)C(C)(C)C. The fraction of sp³-hybridized carbons (Fsp3) is 0.727. The predicted molar refractivity (Wildman–Crippen MR) is 53.1 cm³/mol. The van der Waals surface area contributed by atoms with E-state index in [0.29, 0.717) is 6.42 Å². The number of Topliss-reactive ketones (excluding diaryl/α,β-unsaturated/α-hetero) is 1. The first kappa shape index (κ1) is 11.4. The first-order chi connectivity index (χ1) is 5.34. The van der Waals surface area contributed by atoms with E-state index in [1.54, 1.807) is 6.92 Å². The summed E-state index contributed by atoms with van der Waals surface area (Å²) in [6.45, 7) is 12.1. The lowest BCUT2D eigenvalue weighted by molar-refractivity contribution is -0.117. The minimum Gasteiger partial charge on any atom is -0.300 e. The van der Waals surface area contributed by atoms with Gasteiger partial charge in [0.15, 0.2) is 0 Å². The van der Waals surface area contributed by atoms with Gasteiger partial charge in [-0.1, -0.05) is 32.9 Å². The Morgan fingerprint density at radius 3 is 2.08 bits per heavy atom. The number of ketones is 1. The van der Waals surface area contributed by atoms with E-state index in [9.17, 15) is 4.79 Å². The largest absolute Gasteiger partial charge is 0.300 e. The zero-order chi connectivity index (χ0) is 9.78. The van der Waals surface area contributed by atoms with Crippen molar-refractivity contribution in [2.75, 3.05) is 0 Å². The molecule has 0 amide bonds. The number of hydrogen-bond acceptors (Lipinski definition) is 1. The van der Waals surface area contributed by atoms with Crippen LogP contribution in [-0.2, 0) is 4.79 Å². The number of rotatable bonds is 4. The van der Waals surface area contributed by atoms with E-state index in [4.69, 9.17) is 0 Å². The minimum atomic E-state index is 0.191. The Kier molecular flexibility index (Phi) is 4.22. The molecule has 0 aromatic heterocycles. The van der Waals surface area contributed by atoms with E-state index < -0.39 is 0 Å². The molecule has 0 unspecified atom stereocenters. The van der Waals surface area contributed by atoms with Crippen LogP contribution in [-0.4, -0.2) is 5.78 Å². The lowest BCUT2D eigenvalue weighted by Crippen LogP contribution is -2.08. The van der Waals surface area contributed by atoms with Crippen LogP contribution in [0.1, 0.15) is 47.0 Å². The Morgan fingerprint density at radius 2 is 1.75 bits per heavy atom. The van der Waals surface area contributed by atoms with E-state index in [1.165, 1.54) is 5.57 Å². The van der Waals surface area contributed by atoms with Crippen LogP contribution < -0.4 is 0 Å². The standard InChI is InChI=1S/C11H20O/c1-9(11(3,4)5)7-6-8-10(2)12/h1,6-8H2,2-5H3. The zero-order valence-electron chi connectivity index (χ0n) is 8.74. The van der Waals surface area contributed by atoms with Gasteiger partial charge in [-0.3, -0.25) is 0 Å². The lowest BCUT2D eigenvalue weighted by Gasteiger charge is -2.21. The van der Waals surface area contributed by atoms with Crippen molar-refractivity contribution in [1.29, 1.82) is 0 Å². The van der Waals surface area contributed by atoms with Crippen molar-refractivity contribution < 1.29 is 4.79 Å². The molecule has 0 fully saturated rings. The zero-order valence-corrected chi connectivity index (χ0v) is 8.74. The van der Waals surface area contributed by atoms with Crippen molar-refractivity contribution in [2.45, 2.75) is 47.0 Å². The van der Waals surface area contributed by atoms with Crippen LogP contribution in [0, 0.1) is 5.41 Å². The average molecular weight is 168 g/mol. The lowest BCUT2D eigenvalue weighted by atomic mass is 9.84. The summed E-state index contributed by atoms with van der Waals surface area (Å²) in [6.07, 6.45) is 2.61. The Labute approximate surface area is 75.9 Å². The summed E-state index contributed by atoms with van der Waals surface area (Å²) in [4.78, 5) is 10.6. The quantitative estimate of drug-likeness (QED) is 0.588. The Hall–Kier alpha value is -0.590. The van der Waals surface area contributed by atoms with Gasteiger partial charge in [-0.2, -0.15) is 0 Å². The molecule has 12 heavy (non-hydrogen) atoms. The Morgan fingerprint density at radius 1 is 1.25 bits per heavy atom. The molecule has 0 saturated carbocycles. The van der Waals surface area contributed by atoms with Gasteiger partial charge in [-0.25, -0.2) is 0 Å². The molecular formula is C11H20O. The summed E-state index contributed by atoms with van der Waals surface area (Å²) in [5.41, 5.74) is 1.43. The summed E-state index contributed by atoms with van der Waals surface area (Å²) in [7, 11) is 0. The fourth-order valence-electron chi connectivity index (χ4n) is 0.926. The molecule has 0 radical (unpaired) electrons. The molecule has 70 valence electrons. The number of allylic oxidation sites excluding steroid dienone is 1. The second-order valence-electron chi connectivity index (χ2n) is 4.41. The summed E-state index contributed by atoms with van der Waals surface area (Å²) < 4.78 is 0. The molecule has 0 saturated heterocycles. The second-order valence-corrected chi connectivity index (χ2v) is 4.41. The molecule has 0 aliphatic heterocycles. The van der Waals surface area contributed by atoms with Crippen LogP contribution >= 0.6 is 0 Å². The molecular weight excluding hydrogens is 148 g/mol. The normalized spacial score (nSPS) is 11.3. The van der Waals surface area contributed by atoms with Gasteiger partial charge >= 0.3 is 0 Å². The highest BCUT2D eigenvalue weighted by atomic mass is 16.1. The maximum atomic E-state index is 10.6. The Balaban J connectivity index is 3.66. The molecule has 0 bridgehead atoms. The van der Waals surface area contributed by atoms with Crippen molar-refractivity contribution in [1.82, 2.24) is 0 Å². The number of carbonyl (C=O) groups excluding carboxylic acids is 1. The van der Waals surface area contributed by atoms with Gasteiger partial charge in [0.05, 0.1) is 0 Å². The third-order valence-corrected chi connectivity index (χ3v) is 2.07. The van der Waals surface area contributed by atoms with Gasteiger partial charge in [0.25, 0.3) is 0 Å². The number of carbonyl (C=O) groups is 1. The molecule has 1 nitrogen and oxygen atoms in total. The first-order valence-electron chi connectivity index (χ1n) is 4.51. The molecule has 0 spiro atoms. The van der Waals surface area contributed by atoms with Crippen molar-refractivity contribution >= 4 is 5.78 Å². The highest BCUT2D eigenvalue weighted by Crippen LogP contribution is 2.27. The number of hydrogen-bond donors (Lipinski definition) is 0. The predicted octanol–water partition coefficient (Wildman–Crippen LogP) is 3.35. The van der Waals surface area contributed by atoms with Crippen molar-refractivity contribution in [3.8, 4) is 0 Å². The van der Waals surface area contributed by atoms with Gasteiger partial charge in [-0.15, -0.1) is 0 Å². The van der Waals surface area contributed by atoms with E-state index in [-0.39, 0.29) is 11.2 Å². The summed E-state index contributed by atoms with van der Waals surface area (Å²) >= 11 is 0. The van der Waals surface area contributed by atoms with E-state index in [0.717, 1.165) is 12.8 Å². The van der Waals surface area contributed by atoms with Crippen LogP contribution in [0.3, 0.4) is 0 Å². The molecule has 0 N–H and O–H groups in total. The van der Waals surface area contributed by atoms with Gasteiger partial charge < -0.3 is 4.79 Å². The summed E-state index contributed by atoms with van der Waals surface area (Å²) in [5.74, 6) is 0.275. The monoisotopic (exact) mass is 168 g/mol. The average Bonchev–Trinajstić information content (AvgIpc) is 1.84. The second kappa shape index (κ2) is 4.44. The highest BCUT2D eigenvalue weighted by molar-refractivity contribution is 5.75. The molecule has 0 aromatic rings. The fourth-order valence-corrected chi connectivity index (χ4v) is 0.926. The Bertz CT molecular complexity index is 172. The van der Waals surface area contributed by atoms with E-state index >= 15 is 0 Å². The molecule has 0 aliphatic rings. The molecule has 0 aliphatic carbocycles. The topological polar surface area (TPSA) is 17.1 Å². The van der Waals surface area contributed by atoms with Crippen LogP contribution in [0.15, 0.2) is 12.2 Å². The van der Waals surface area contributed by atoms with Gasteiger partial charge in [0.1, 0.15) is 5.78 Å². The first-order valence-corrected chi connectivity index (χ1v) is 4.51. The molecule has 1 heteroatoms. The van der Waals surface area contributed by atoms with Gasteiger partial charge in [-0.05, 0) is 25.2 Å². The molecule has 0 atom stereocenters. The molecule has 0 aromatic carbocycles. The van der Waals surface area contributed by atoms with Crippen LogP contribution in [0.2, 0.25) is 0 Å². The van der Waals surface area contributed by atoms with Crippen molar-refractivity contribution in [3.05, 3.63) is 12.2 Å². The third kappa shape index (κ3) is 5.11. The smallest absolute Gasteiger partial charge is 0.129 e. The molecule has 0 heterocycles. The molecule has 0 rings (SSSR count). The van der Waals surface area contributed by atoms with E-state index in [2.05, 4.69) is 27.4 Å². The van der Waals surface area contributed by atoms with Crippen LogP contribution in [0.25, 0.3) is 0 Å². The van der Waals surface area contributed by atoms with Crippen molar-refractivity contribution in [2.24, 2.45) is 5.41 Å². The van der Waals surface area contributed by atoms with Crippen LogP contribution in [0.4, 0.5) is 0 Å². The summed E-state index contributed by atoms with van der Waals surface area (Å²) in [5, 5.41) is 0. The van der Waals surface area contributed by atoms with E-state index in [1.807, 2.05) is 0 Å². The van der Waals surface area contributed by atoms with Crippen molar-refractivity contribution in [3.63, 3.8) is 0 Å².